The topological polar surface area (TPSA) is 67.4 Å². The largest absolute Gasteiger partial charge is 0.493 e. The lowest BCUT2D eigenvalue weighted by Gasteiger charge is -2.11. The second-order valence-corrected chi connectivity index (χ2v) is 7.67. The van der Waals surface area contributed by atoms with Crippen molar-refractivity contribution in [3.8, 4) is 5.75 Å². The number of benzene rings is 3. The molecule has 6 heteroatoms. The first-order valence-corrected chi connectivity index (χ1v) is 10.00. The molecular formula is C24H23ClN2O3. The second kappa shape index (κ2) is 9.94. The Labute approximate surface area is 181 Å². The van der Waals surface area contributed by atoms with E-state index in [2.05, 4.69) is 24.5 Å². The van der Waals surface area contributed by atoms with Gasteiger partial charge in [0, 0.05) is 27.5 Å². The van der Waals surface area contributed by atoms with Crippen LogP contribution in [0.2, 0.25) is 5.02 Å². The van der Waals surface area contributed by atoms with E-state index in [9.17, 15) is 9.59 Å². The maximum Gasteiger partial charge on any atom is 0.255 e. The Morgan fingerprint density at radius 1 is 0.833 bits per heavy atom. The molecule has 0 saturated carbocycles. The van der Waals surface area contributed by atoms with Gasteiger partial charge in [0.15, 0.2) is 0 Å². The summed E-state index contributed by atoms with van der Waals surface area (Å²) in [5.41, 5.74) is 2.01. The zero-order chi connectivity index (χ0) is 21.5. The molecule has 0 heterocycles. The number of anilines is 2. The minimum absolute atomic E-state index is 0.280. The fourth-order valence-corrected chi connectivity index (χ4v) is 2.89. The van der Waals surface area contributed by atoms with Gasteiger partial charge in [-0.2, -0.15) is 0 Å². The van der Waals surface area contributed by atoms with Crippen LogP contribution in [0.5, 0.6) is 5.75 Å². The third kappa shape index (κ3) is 6.09. The highest BCUT2D eigenvalue weighted by Crippen LogP contribution is 2.19. The summed E-state index contributed by atoms with van der Waals surface area (Å²) in [5, 5.41) is 6.15. The van der Waals surface area contributed by atoms with E-state index >= 15 is 0 Å². The Morgan fingerprint density at radius 3 is 2.03 bits per heavy atom. The van der Waals surface area contributed by atoms with Gasteiger partial charge in [-0.3, -0.25) is 9.59 Å². The van der Waals surface area contributed by atoms with Crippen molar-refractivity contribution >= 4 is 34.8 Å². The molecule has 30 heavy (non-hydrogen) atoms. The standard InChI is InChI=1S/C24H23ClN2O3/c1-16(2)15-30-22-11-4-7-18(13-22)24(29)26-20-9-3-6-17(12-20)23(28)27-21-10-5-8-19(25)14-21/h3-14,16H,15H2,1-2H3,(H,26,29)(H,27,28). The Bertz CT molecular complexity index is 1050. The van der Waals surface area contributed by atoms with Gasteiger partial charge < -0.3 is 15.4 Å². The van der Waals surface area contributed by atoms with E-state index in [1.807, 2.05) is 6.07 Å². The molecule has 2 N–H and O–H groups in total. The van der Waals surface area contributed by atoms with Crippen LogP contribution in [-0.4, -0.2) is 18.4 Å². The van der Waals surface area contributed by atoms with E-state index in [0.717, 1.165) is 0 Å². The maximum atomic E-state index is 12.6. The zero-order valence-corrected chi connectivity index (χ0v) is 17.6. The van der Waals surface area contributed by atoms with Crippen molar-refractivity contribution in [2.24, 2.45) is 5.92 Å². The molecule has 0 bridgehead atoms. The van der Waals surface area contributed by atoms with Crippen LogP contribution in [0.15, 0.2) is 72.8 Å². The summed E-state index contributed by atoms with van der Waals surface area (Å²) in [7, 11) is 0. The normalized spacial score (nSPS) is 10.5. The lowest BCUT2D eigenvalue weighted by molar-refractivity contribution is 0.101. The first-order chi connectivity index (χ1) is 14.4. The fourth-order valence-electron chi connectivity index (χ4n) is 2.70. The van der Waals surface area contributed by atoms with Crippen LogP contribution in [0.25, 0.3) is 0 Å². The number of hydrogen-bond donors (Lipinski definition) is 2. The van der Waals surface area contributed by atoms with Gasteiger partial charge >= 0.3 is 0 Å². The van der Waals surface area contributed by atoms with Gasteiger partial charge in [-0.05, 0) is 60.5 Å². The molecule has 5 nitrogen and oxygen atoms in total. The highest BCUT2D eigenvalue weighted by molar-refractivity contribution is 6.31. The number of nitrogens with one attached hydrogen (secondary N) is 2. The number of amides is 2. The number of carbonyl (C=O) groups excluding carboxylic acids is 2. The molecule has 154 valence electrons. The van der Waals surface area contributed by atoms with E-state index in [4.69, 9.17) is 16.3 Å². The van der Waals surface area contributed by atoms with Crippen LogP contribution in [0, 0.1) is 5.92 Å². The van der Waals surface area contributed by atoms with Crippen molar-refractivity contribution in [2.45, 2.75) is 13.8 Å². The van der Waals surface area contributed by atoms with Crippen molar-refractivity contribution in [3.63, 3.8) is 0 Å². The van der Waals surface area contributed by atoms with Crippen molar-refractivity contribution in [2.75, 3.05) is 17.2 Å². The van der Waals surface area contributed by atoms with Gasteiger partial charge in [-0.1, -0.05) is 43.6 Å². The summed E-state index contributed by atoms with van der Waals surface area (Å²) in [6, 6.07) is 20.7. The molecule has 0 fully saturated rings. The van der Waals surface area contributed by atoms with Crippen LogP contribution in [-0.2, 0) is 0 Å². The van der Waals surface area contributed by atoms with E-state index in [1.165, 1.54) is 0 Å². The van der Waals surface area contributed by atoms with Crippen LogP contribution in [0.4, 0.5) is 11.4 Å². The molecule has 0 aliphatic heterocycles. The van der Waals surface area contributed by atoms with Gasteiger partial charge in [-0.15, -0.1) is 0 Å². The minimum Gasteiger partial charge on any atom is -0.493 e. The number of carbonyl (C=O) groups is 2. The molecule has 0 radical (unpaired) electrons. The number of halogens is 1. The van der Waals surface area contributed by atoms with Crippen LogP contribution in [0.1, 0.15) is 34.6 Å². The van der Waals surface area contributed by atoms with Gasteiger partial charge in [0.05, 0.1) is 6.61 Å². The highest BCUT2D eigenvalue weighted by atomic mass is 35.5. The monoisotopic (exact) mass is 422 g/mol. The summed E-state index contributed by atoms with van der Waals surface area (Å²) in [4.78, 5) is 25.2. The third-order valence-corrected chi connectivity index (χ3v) is 4.38. The highest BCUT2D eigenvalue weighted by Gasteiger charge is 2.11. The molecule has 0 atom stereocenters. The lowest BCUT2D eigenvalue weighted by Crippen LogP contribution is -2.15. The van der Waals surface area contributed by atoms with Crippen LogP contribution in [0.3, 0.4) is 0 Å². The zero-order valence-electron chi connectivity index (χ0n) is 16.8. The van der Waals surface area contributed by atoms with Crippen molar-refractivity contribution in [1.82, 2.24) is 0 Å². The first kappa shape index (κ1) is 21.4. The fraction of sp³-hybridized carbons (Fsp3) is 0.167. The van der Waals surface area contributed by atoms with Gasteiger partial charge in [0.1, 0.15) is 5.75 Å². The van der Waals surface area contributed by atoms with Crippen molar-refractivity contribution in [3.05, 3.63) is 88.9 Å². The average Bonchev–Trinajstić information content (AvgIpc) is 2.72. The Kier molecular flexibility index (Phi) is 7.09. The summed E-state index contributed by atoms with van der Waals surface area (Å²) in [6.45, 7) is 4.70. The van der Waals surface area contributed by atoms with E-state index in [0.29, 0.717) is 45.8 Å². The molecule has 0 aliphatic rings. The van der Waals surface area contributed by atoms with Gasteiger partial charge in [0.25, 0.3) is 11.8 Å². The molecule has 0 unspecified atom stereocenters. The molecule has 3 aromatic carbocycles. The molecule has 3 aromatic rings. The van der Waals surface area contributed by atoms with Crippen molar-refractivity contribution in [1.29, 1.82) is 0 Å². The van der Waals surface area contributed by atoms with Crippen LogP contribution < -0.4 is 15.4 Å². The minimum atomic E-state index is -0.294. The predicted octanol–water partition coefficient (Wildman–Crippen LogP) is 5.88. The average molecular weight is 423 g/mol. The lowest BCUT2D eigenvalue weighted by atomic mass is 10.1. The molecule has 0 aliphatic carbocycles. The molecule has 0 saturated heterocycles. The van der Waals surface area contributed by atoms with Crippen molar-refractivity contribution < 1.29 is 14.3 Å². The molecule has 0 spiro atoms. The summed E-state index contributed by atoms with van der Waals surface area (Å²) in [5.74, 6) is 0.462. The molecule has 3 rings (SSSR count). The molecule has 0 aromatic heterocycles. The Balaban J connectivity index is 1.68. The molecule has 2 amide bonds. The van der Waals surface area contributed by atoms with Crippen LogP contribution >= 0.6 is 11.6 Å². The van der Waals surface area contributed by atoms with E-state index in [1.54, 1.807) is 66.7 Å². The Hall–Kier alpha value is -3.31. The molecular weight excluding hydrogens is 400 g/mol. The summed E-state index contributed by atoms with van der Waals surface area (Å²) < 4.78 is 5.68. The third-order valence-electron chi connectivity index (χ3n) is 4.14. The predicted molar refractivity (Wildman–Crippen MR) is 121 cm³/mol. The number of ether oxygens (including phenoxy) is 1. The van der Waals surface area contributed by atoms with Gasteiger partial charge in [-0.25, -0.2) is 0 Å². The van der Waals surface area contributed by atoms with E-state index in [-0.39, 0.29) is 11.8 Å². The summed E-state index contributed by atoms with van der Waals surface area (Å²) >= 11 is 5.95. The second-order valence-electron chi connectivity index (χ2n) is 7.23. The maximum absolute atomic E-state index is 12.6. The summed E-state index contributed by atoms with van der Waals surface area (Å²) in [6.07, 6.45) is 0. The van der Waals surface area contributed by atoms with Gasteiger partial charge in [0.2, 0.25) is 0 Å². The Morgan fingerprint density at radius 2 is 1.40 bits per heavy atom. The number of hydrogen-bond acceptors (Lipinski definition) is 3. The van der Waals surface area contributed by atoms with E-state index < -0.39 is 0 Å². The smallest absolute Gasteiger partial charge is 0.255 e. The first-order valence-electron chi connectivity index (χ1n) is 9.62. The quantitative estimate of drug-likeness (QED) is 0.499. The number of rotatable bonds is 7. The SMILES string of the molecule is CC(C)COc1cccc(C(=O)Nc2cccc(C(=O)Nc3cccc(Cl)c3)c2)c1.